The van der Waals surface area contributed by atoms with Crippen LogP contribution in [0.15, 0.2) is 0 Å². The van der Waals surface area contributed by atoms with E-state index in [-0.39, 0.29) is 35.3 Å². The number of carboxylic acids is 1. The van der Waals surface area contributed by atoms with Gasteiger partial charge in [0, 0.05) is 17.9 Å². The van der Waals surface area contributed by atoms with E-state index in [1.807, 2.05) is 13.8 Å². The van der Waals surface area contributed by atoms with Gasteiger partial charge in [0.05, 0.1) is 12.5 Å². The third-order valence-electron chi connectivity index (χ3n) is 5.28. The van der Waals surface area contributed by atoms with Crippen molar-refractivity contribution in [1.82, 2.24) is 5.32 Å². The second kappa shape index (κ2) is 5.35. The summed E-state index contributed by atoms with van der Waals surface area (Å²) in [5.41, 5.74) is -0.645. The minimum absolute atomic E-state index is 0.00622. The molecule has 5 nitrogen and oxygen atoms in total. The van der Waals surface area contributed by atoms with E-state index in [0.29, 0.717) is 12.8 Å². The molecule has 1 amide bonds. The molecule has 2 aliphatic rings. The fourth-order valence-corrected chi connectivity index (χ4v) is 3.60. The summed E-state index contributed by atoms with van der Waals surface area (Å²) in [5.74, 6) is -0.891. The van der Waals surface area contributed by atoms with Crippen molar-refractivity contribution in [2.24, 2.45) is 10.8 Å². The normalized spacial score (nSPS) is 30.6. The maximum absolute atomic E-state index is 12.2. The van der Waals surface area contributed by atoms with Crippen molar-refractivity contribution in [2.75, 3.05) is 0 Å². The first-order valence-corrected chi connectivity index (χ1v) is 7.44. The first kappa shape index (κ1) is 15.3. The Morgan fingerprint density at radius 3 is 2.25 bits per heavy atom. The zero-order valence-corrected chi connectivity index (χ0v) is 12.3. The number of nitrogens with one attached hydrogen (secondary N) is 1. The van der Waals surface area contributed by atoms with Gasteiger partial charge in [0.25, 0.3) is 0 Å². The molecule has 0 radical (unpaired) electrons. The van der Waals surface area contributed by atoms with Crippen molar-refractivity contribution in [3.05, 3.63) is 0 Å². The van der Waals surface area contributed by atoms with Crippen molar-refractivity contribution in [3.63, 3.8) is 0 Å². The fraction of sp³-hybridized carbons (Fsp3) is 0.867. The number of amides is 1. The fourth-order valence-electron chi connectivity index (χ4n) is 3.60. The van der Waals surface area contributed by atoms with Crippen LogP contribution < -0.4 is 5.32 Å². The van der Waals surface area contributed by atoms with E-state index in [0.717, 1.165) is 25.7 Å². The highest BCUT2D eigenvalue weighted by Gasteiger charge is 2.48. The molecule has 0 heterocycles. The van der Waals surface area contributed by atoms with Gasteiger partial charge in [-0.3, -0.25) is 9.59 Å². The smallest absolute Gasteiger partial charge is 0.303 e. The van der Waals surface area contributed by atoms with Gasteiger partial charge in [-0.05, 0) is 24.7 Å². The molecular weight excluding hydrogens is 258 g/mol. The minimum Gasteiger partial charge on any atom is -0.481 e. The quantitative estimate of drug-likeness (QED) is 0.716. The van der Waals surface area contributed by atoms with E-state index in [1.54, 1.807) is 0 Å². The van der Waals surface area contributed by atoms with Gasteiger partial charge in [0.2, 0.25) is 5.91 Å². The van der Waals surface area contributed by atoms with Gasteiger partial charge < -0.3 is 15.5 Å². The van der Waals surface area contributed by atoms with Crippen molar-refractivity contribution >= 4 is 11.9 Å². The molecular formula is C15H25NO4. The lowest BCUT2D eigenvalue weighted by molar-refractivity contribution is -0.140. The van der Waals surface area contributed by atoms with Crippen LogP contribution in [0.1, 0.15) is 58.8 Å². The molecule has 20 heavy (non-hydrogen) atoms. The Kier molecular flexibility index (Phi) is 4.09. The number of carbonyl (C=O) groups excluding carboxylic acids is 1. The maximum Gasteiger partial charge on any atom is 0.303 e. The number of carbonyl (C=O) groups is 2. The average molecular weight is 283 g/mol. The molecule has 2 aliphatic carbocycles. The molecule has 0 aliphatic heterocycles. The van der Waals surface area contributed by atoms with Crippen LogP contribution in [0.25, 0.3) is 0 Å². The molecule has 2 atom stereocenters. The third kappa shape index (κ3) is 2.97. The zero-order chi connectivity index (χ0) is 15.0. The van der Waals surface area contributed by atoms with Crippen molar-refractivity contribution in [1.29, 1.82) is 0 Å². The largest absolute Gasteiger partial charge is 0.481 e. The molecule has 0 aromatic rings. The summed E-state index contributed by atoms with van der Waals surface area (Å²) in [4.78, 5) is 23.2. The number of aliphatic carboxylic acids is 1. The van der Waals surface area contributed by atoms with E-state index >= 15 is 0 Å². The van der Waals surface area contributed by atoms with Crippen LogP contribution in [0.3, 0.4) is 0 Å². The topological polar surface area (TPSA) is 86.6 Å². The molecule has 2 unspecified atom stereocenters. The van der Waals surface area contributed by atoms with Gasteiger partial charge >= 0.3 is 5.97 Å². The van der Waals surface area contributed by atoms with Gasteiger partial charge in [-0.15, -0.1) is 0 Å². The Morgan fingerprint density at radius 1 is 1.20 bits per heavy atom. The van der Waals surface area contributed by atoms with Crippen molar-refractivity contribution < 1.29 is 19.8 Å². The lowest BCUT2D eigenvalue weighted by Crippen LogP contribution is -2.61. The number of carboxylic acid groups (broad SMARTS) is 1. The van der Waals surface area contributed by atoms with Gasteiger partial charge in [0.15, 0.2) is 0 Å². The second-order valence-corrected chi connectivity index (χ2v) is 7.15. The highest BCUT2D eigenvalue weighted by atomic mass is 16.4. The molecule has 0 saturated heterocycles. The summed E-state index contributed by atoms with van der Waals surface area (Å²) in [5, 5.41) is 21.7. The maximum atomic E-state index is 12.2. The first-order chi connectivity index (χ1) is 9.25. The Hall–Kier alpha value is -1.10. The Labute approximate surface area is 119 Å². The molecule has 2 fully saturated rings. The van der Waals surface area contributed by atoms with E-state index in [4.69, 9.17) is 5.11 Å². The summed E-state index contributed by atoms with van der Waals surface area (Å²) in [6.07, 6.45) is 4.26. The van der Waals surface area contributed by atoms with Crippen molar-refractivity contribution in [3.8, 4) is 0 Å². The van der Waals surface area contributed by atoms with Crippen LogP contribution in [-0.2, 0) is 9.59 Å². The number of aliphatic hydroxyl groups is 1. The highest BCUT2D eigenvalue weighted by Crippen LogP contribution is 2.45. The minimum atomic E-state index is -0.820. The Balaban J connectivity index is 1.91. The van der Waals surface area contributed by atoms with Crippen LogP contribution in [-0.4, -0.2) is 34.2 Å². The summed E-state index contributed by atoms with van der Waals surface area (Å²) >= 11 is 0. The Morgan fingerprint density at radius 2 is 1.80 bits per heavy atom. The van der Waals surface area contributed by atoms with E-state index in [9.17, 15) is 14.7 Å². The Bertz CT molecular complexity index is 399. The number of hydrogen-bond acceptors (Lipinski definition) is 3. The van der Waals surface area contributed by atoms with Crippen molar-refractivity contribution in [2.45, 2.75) is 70.9 Å². The van der Waals surface area contributed by atoms with Crippen LogP contribution in [0.4, 0.5) is 0 Å². The van der Waals surface area contributed by atoms with Gasteiger partial charge in [0.1, 0.15) is 0 Å². The second-order valence-electron chi connectivity index (χ2n) is 7.15. The van der Waals surface area contributed by atoms with E-state index in [2.05, 4.69) is 5.32 Å². The molecule has 0 aromatic heterocycles. The van der Waals surface area contributed by atoms with Gasteiger partial charge in [-0.1, -0.05) is 26.7 Å². The first-order valence-electron chi connectivity index (χ1n) is 7.44. The summed E-state index contributed by atoms with van der Waals surface area (Å²) in [6, 6.07) is -0.00622. The molecule has 114 valence electrons. The lowest BCUT2D eigenvalue weighted by Gasteiger charge is -2.49. The van der Waals surface area contributed by atoms with Crippen LogP contribution in [0, 0.1) is 10.8 Å². The molecule has 2 saturated carbocycles. The van der Waals surface area contributed by atoms with Gasteiger partial charge in [-0.25, -0.2) is 0 Å². The summed E-state index contributed by atoms with van der Waals surface area (Å²) < 4.78 is 0. The zero-order valence-electron chi connectivity index (χ0n) is 12.3. The molecule has 0 spiro atoms. The average Bonchev–Trinajstić information content (AvgIpc) is 2.75. The predicted octanol–water partition coefficient (Wildman–Crippen LogP) is 1.69. The number of rotatable bonds is 5. The van der Waals surface area contributed by atoms with Crippen LogP contribution in [0.5, 0.6) is 0 Å². The standard InChI is InChI=1S/C15H25NO4/c1-14(2)10(7-11(14)17)16-12(18)8-15(9-13(19)20)5-3-4-6-15/h10-11,17H,3-9H2,1-2H3,(H,16,18)(H,19,20). The molecule has 0 aromatic carbocycles. The monoisotopic (exact) mass is 283 g/mol. The predicted molar refractivity (Wildman–Crippen MR) is 74.1 cm³/mol. The summed E-state index contributed by atoms with van der Waals surface area (Å²) in [7, 11) is 0. The summed E-state index contributed by atoms with van der Waals surface area (Å²) in [6.45, 7) is 3.88. The molecule has 0 bridgehead atoms. The highest BCUT2D eigenvalue weighted by molar-refractivity contribution is 5.78. The van der Waals surface area contributed by atoms with E-state index < -0.39 is 5.97 Å². The molecule has 3 N–H and O–H groups in total. The van der Waals surface area contributed by atoms with Crippen LogP contribution >= 0.6 is 0 Å². The van der Waals surface area contributed by atoms with Crippen LogP contribution in [0.2, 0.25) is 0 Å². The SMILES string of the molecule is CC1(C)C(O)CC1NC(=O)CC1(CC(=O)O)CCCC1. The molecule has 2 rings (SSSR count). The van der Waals surface area contributed by atoms with E-state index in [1.165, 1.54) is 0 Å². The lowest BCUT2D eigenvalue weighted by atomic mass is 9.64. The number of hydrogen-bond donors (Lipinski definition) is 3. The van der Waals surface area contributed by atoms with Gasteiger partial charge in [-0.2, -0.15) is 0 Å². The molecule has 5 heteroatoms. The number of aliphatic hydroxyl groups excluding tert-OH is 1. The third-order valence-corrected chi connectivity index (χ3v) is 5.28.